The van der Waals surface area contributed by atoms with Gasteiger partial charge in [0.15, 0.2) is 0 Å². The van der Waals surface area contributed by atoms with Crippen LogP contribution >= 0.6 is 23.2 Å². The molecule has 2 amide bonds. The first-order valence-electron chi connectivity index (χ1n) is 12.1. The van der Waals surface area contributed by atoms with Gasteiger partial charge in [-0.1, -0.05) is 77.3 Å². The second-order valence-corrected chi connectivity index (χ2v) is 11.8. The van der Waals surface area contributed by atoms with E-state index < -0.39 is 28.5 Å². The molecule has 3 aromatic carbocycles. The fraction of sp³-hybridized carbons (Fsp3) is 0.286. The number of halogens is 2. The molecular weight excluding hydrogens is 545 g/mol. The van der Waals surface area contributed by atoms with Crippen molar-refractivity contribution in [2.75, 3.05) is 20.1 Å². The molecule has 0 spiro atoms. The number of carbonyl (C=O) groups excluding carboxylic acids is 2. The Hall–Kier alpha value is -2.91. The number of rotatable bonds is 11. The molecule has 10 heteroatoms. The van der Waals surface area contributed by atoms with Crippen molar-refractivity contribution in [3.05, 3.63) is 99.5 Å². The highest BCUT2D eigenvalue weighted by Crippen LogP contribution is 2.25. The standard InChI is InChI=1S/C28H31Cl2N3O4S/c1-4-31-28(35)26(16-21-8-6-5-7-9-21)33(18-22-12-13-23(29)17-25(22)30)27(34)19-32(3)38(36,37)24-14-10-20(2)11-15-24/h5-15,17,26H,4,16,18-19H2,1-3H3,(H,31,35)/t26-/m0/s1. The van der Waals surface area contributed by atoms with E-state index in [4.69, 9.17) is 23.2 Å². The van der Waals surface area contributed by atoms with Crippen LogP contribution in [0.15, 0.2) is 77.7 Å². The van der Waals surface area contributed by atoms with Crippen molar-refractivity contribution in [1.29, 1.82) is 0 Å². The first-order valence-corrected chi connectivity index (χ1v) is 14.3. The van der Waals surface area contributed by atoms with Crippen LogP contribution in [0.5, 0.6) is 0 Å². The Morgan fingerprint density at radius 1 is 0.974 bits per heavy atom. The number of likely N-dealkylation sites (N-methyl/N-ethyl adjacent to an activating group) is 2. The molecule has 0 heterocycles. The van der Waals surface area contributed by atoms with E-state index in [-0.39, 0.29) is 23.8 Å². The smallest absolute Gasteiger partial charge is 0.243 e. The average molecular weight is 577 g/mol. The zero-order chi connectivity index (χ0) is 27.9. The number of hydrogen-bond donors (Lipinski definition) is 1. The minimum absolute atomic E-state index is 0.0120. The third kappa shape index (κ3) is 7.57. The maximum atomic E-state index is 13.8. The van der Waals surface area contributed by atoms with E-state index >= 15 is 0 Å². The van der Waals surface area contributed by atoms with Gasteiger partial charge in [-0.15, -0.1) is 0 Å². The fourth-order valence-corrected chi connectivity index (χ4v) is 5.52. The minimum atomic E-state index is -3.94. The molecule has 1 atom stereocenters. The predicted octanol–water partition coefficient (Wildman–Crippen LogP) is 4.70. The highest BCUT2D eigenvalue weighted by Gasteiger charge is 2.33. The zero-order valence-electron chi connectivity index (χ0n) is 21.5. The number of nitrogens with one attached hydrogen (secondary N) is 1. The molecule has 38 heavy (non-hydrogen) atoms. The molecule has 0 bridgehead atoms. The van der Waals surface area contributed by atoms with Gasteiger partial charge in [-0.3, -0.25) is 9.59 Å². The summed E-state index contributed by atoms with van der Waals surface area (Å²) < 4.78 is 27.4. The summed E-state index contributed by atoms with van der Waals surface area (Å²) in [4.78, 5) is 28.5. The van der Waals surface area contributed by atoms with E-state index in [0.29, 0.717) is 22.2 Å². The molecule has 3 rings (SSSR count). The number of benzene rings is 3. The van der Waals surface area contributed by atoms with Crippen LogP contribution in [0.3, 0.4) is 0 Å². The van der Waals surface area contributed by atoms with Crippen LogP contribution in [-0.4, -0.2) is 55.6 Å². The molecule has 0 aliphatic rings. The lowest BCUT2D eigenvalue weighted by Gasteiger charge is -2.33. The molecule has 0 saturated heterocycles. The third-order valence-electron chi connectivity index (χ3n) is 6.06. The van der Waals surface area contributed by atoms with Crippen molar-refractivity contribution in [2.45, 2.75) is 37.8 Å². The number of amides is 2. The van der Waals surface area contributed by atoms with Crippen molar-refractivity contribution in [3.8, 4) is 0 Å². The SMILES string of the molecule is CCNC(=O)[C@H](Cc1ccccc1)N(Cc1ccc(Cl)cc1Cl)C(=O)CN(C)S(=O)(=O)c1ccc(C)cc1. The lowest BCUT2D eigenvalue weighted by atomic mass is 10.0. The Morgan fingerprint density at radius 2 is 1.63 bits per heavy atom. The maximum absolute atomic E-state index is 13.8. The molecule has 0 fully saturated rings. The monoisotopic (exact) mass is 575 g/mol. The van der Waals surface area contributed by atoms with E-state index in [1.807, 2.05) is 37.3 Å². The Morgan fingerprint density at radius 3 is 2.24 bits per heavy atom. The molecule has 3 aromatic rings. The largest absolute Gasteiger partial charge is 0.355 e. The summed E-state index contributed by atoms with van der Waals surface area (Å²) in [5.74, 6) is -0.889. The highest BCUT2D eigenvalue weighted by molar-refractivity contribution is 7.89. The fourth-order valence-electron chi connectivity index (χ4n) is 3.94. The van der Waals surface area contributed by atoms with E-state index in [2.05, 4.69) is 5.32 Å². The molecule has 0 radical (unpaired) electrons. The summed E-state index contributed by atoms with van der Waals surface area (Å²) in [6.45, 7) is 3.54. The summed E-state index contributed by atoms with van der Waals surface area (Å²) in [6, 6.07) is 19.7. The molecule has 1 N–H and O–H groups in total. The van der Waals surface area contributed by atoms with Crippen LogP contribution in [0.25, 0.3) is 0 Å². The van der Waals surface area contributed by atoms with Crippen molar-refractivity contribution in [1.82, 2.24) is 14.5 Å². The second kappa shape index (κ2) is 13.2. The minimum Gasteiger partial charge on any atom is -0.355 e. The van der Waals surface area contributed by atoms with E-state index in [0.717, 1.165) is 15.4 Å². The van der Waals surface area contributed by atoms with Crippen LogP contribution < -0.4 is 5.32 Å². The lowest BCUT2D eigenvalue weighted by molar-refractivity contribution is -0.141. The van der Waals surface area contributed by atoms with Crippen LogP contribution in [0.1, 0.15) is 23.6 Å². The number of nitrogens with zero attached hydrogens (tertiary/aromatic N) is 2. The van der Waals surface area contributed by atoms with E-state index in [1.54, 1.807) is 37.3 Å². The van der Waals surface area contributed by atoms with E-state index in [9.17, 15) is 18.0 Å². The van der Waals surface area contributed by atoms with Crippen molar-refractivity contribution < 1.29 is 18.0 Å². The average Bonchev–Trinajstić information content (AvgIpc) is 2.88. The quantitative estimate of drug-likeness (QED) is 0.359. The van der Waals surface area contributed by atoms with E-state index in [1.165, 1.54) is 24.1 Å². The molecule has 0 aliphatic heterocycles. The first kappa shape index (κ1) is 29.6. The topological polar surface area (TPSA) is 86.8 Å². The van der Waals surface area contributed by atoms with Gasteiger partial charge in [0.2, 0.25) is 21.8 Å². The van der Waals surface area contributed by atoms with Gasteiger partial charge in [0, 0.05) is 36.6 Å². The number of aryl methyl sites for hydroxylation is 1. The normalized spacial score (nSPS) is 12.3. The molecule has 0 aliphatic carbocycles. The summed E-state index contributed by atoms with van der Waals surface area (Å²) in [6.07, 6.45) is 0.234. The molecular formula is C28H31Cl2N3O4S. The van der Waals surface area contributed by atoms with Crippen LogP contribution in [0.2, 0.25) is 10.0 Å². The van der Waals surface area contributed by atoms with Gasteiger partial charge in [-0.2, -0.15) is 4.31 Å². The second-order valence-electron chi connectivity index (χ2n) is 8.93. The maximum Gasteiger partial charge on any atom is 0.243 e. The van der Waals surface area contributed by atoms with Gasteiger partial charge in [0.1, 0.15) is 6.04 Å². The van der Waals surface area contributed by atoms with Gasteiger partial charge in [0.05, 0.1) is 11.4 Å². The Labute approximate surface area is 234 Å². The molecule has 0 saturated carbocycles. The number of hydrogen-bond acceptors (Lipinski definition) is 4. The number of sulfonamides is 1. The third-order valence-corrected chi connectivity index (χ3v) is 8.47. The molecule has 0 aromatic heterocycles. The summed E-state index contributed by atoms with van der Waals surface area (Å²) >= 11 is 12.5. The summed E-state index contributed by atoms with van der Waals surface area (Å²) in [5, 5.41) is 3.58. The molecule has 202 valence electrons. The van der Waals surface area contributed by atoms with Gasteiger partial charge in [0.25, 0.3) is 0 Å². The summed E-state index contributed by atoms with van der Waals surface area (Å²) in [7, 11) is -2.60. The van der Waals surface area contributed by atoms with Gasteiger partial charge >= 0.3 is 0 Å². The van der Waals surface area contributed by atoms with Crippen molar-refractivity contribution >= 4 is 45.0 Å². The van der Waals surface area contributed by atoms with Crippen LogP contribution in [-0.2, 0) is 32.6 Å². The Bertz CT molecular complexity index is 1370. The van der Waals surface area contributed by atoms with Crippen LogP contribution in [0.4, 0.5) is 0 Å². The highest BCUT2D eigenvalue weighted by atomic mass is 35.5. The van der Waals surface area contributed by atoms with Gasteiger partial charge in [-0.05, 0) is 49.2 Å². The predicted molar refractivity (Wildman–Crippen MR) is 151 cm³/mol. The van der Waals surface area contributed by atoms with Gasteiger partial charge < -0.3 is 10.2 Å². The van der Waals surface area contributed by atoms with Crippen LogP contribution in [0, 0.1) is 6.92 Å². The van der Waals surface area contributed by atoms with Crippen molar-refractivity contribution in [2.24, 2.45) is 0 Å². The Balaban J connectivity index is 1.98. The number of carbonyl (C=O) groups is 2. The lowest BCUT2D eigenvalue weighted by Crippen LogP contribution is -2.53. The first-order chi connectivity index (χ1) is 18.0. The molecule has 0 unspecified atom stereocenters. The Kier molecular flexibility index (Phi) is 10.3. The van der Waals surface area contributed by atoms with Crippen molar-refractivity contribution in [3.63, 3.8) is 0 Å². The zero-order valence-corrected chi connectivity index (χ0v) is 23.9. The summed E-state index contributed by atoms with van der Waals surface area (Å²) in [5.41, 5.74) is 2.35. The van der Waals surface area contributed by atoms with Gasteiger partial charge in [-0.25, -0.2) is 8.42 Å². The molecule has 7 nitrogen and oxygen atoms in total.